The Hall–Kier alpha value is -2.20. The Bertz CT molecular complexity index is 1110. The Morgan fingerprint density at radius 2 is 1.35 bits per heavy atom. The summed E-state index contributed by atoms with van der Waals surface area (Å²) in [5.74, 6) is -0.309. The summed E-state index contributed by atoms with van der Waals surface area (Å²) in [6, 6.07) is 27.9. The largest absolute Gasteiger partial charge is 0.354 e. The summed E-state index contributed by atoms with van der Waals surface area (Å²) in [7, 11) is 0. The Morgan fingerprint density at radius 3 is 2.00 bits per heavy atom. The average Bonchev–Trinajstić information content (AvgIpc) is 3.14. The van der Waals surface area contributed by atoms with Crippen LogP contribution in [-0.2, 0) is 17.9 Å². The van der Waals surface area contributed by atoms with Crippen LogP contribution in [0.5, 0.6) is 0 Å². The quantitative estimate of drug-likeness (QED) is 0.440. The first-order chi connectivity index (χ1) is 14.9. The zero-order chi connectivity index (χ0) is 21.6. The number of halogens is 3. The minimum atomic E-state index is -1.69. The van der Waals surface area contributed by atoms with Crippen LogP contribution in [0.3, 0.4) is 0 Å². The van der Waals surface area contributed by atoms with Crippen molar-refractivity contribution >= 4 is 46.4 Å². The van der Waals surface area contributed by atoms with E-state index in [0.29, 0.717) is 19.6 Å². The van der Waals surface area contributed by atoms with Crippen LogP contribution < -0.4 is 4.90 Å². The monoisotopic (exact) mass is 470 g/mol. The number of amides is 1. The molecule has 6 heteroatoms. The number of alkyl halides is 3. The molecule has 158 valence electrons. The molecule has 31 heavy (non-hydrogen) atoms. The Morgan fingerprint density at radius 1 is 0.806 bits per heavy atom. The Kier molecular flexibility index (Phi) is 5.16. The van der Waals surface area contributed by atoms with Crippen LogP contribution in [0.2, 0.25) is 0 Å². The van der Waals surface area contributed by atoms with E-state index in [1.165, 1.54) is 0 Å². The van der Waals surface area contributed by atoms with Gasteiger partial charge in [-0.25, -0.2) is 0 Å². The molecular formula is C25H21Cl3N2O. The first kappa shape index (κ1) is 20.7. The summed E-state index contributed by atoms with van der Waals surface area (Å²) in [4.78, 5) is 17.3. The molecule has 5 rings (SSSR count). The van der Waals surface area contributed by atoms with Gasteiger partial charge >= 0.3 is 0 Å². The van der Waals surface area contributed by atoms with Gasteiger partial charge < -0.3 is 9.80 Å². The van der Waals surface area contributed by atoms with Crippen LogP contribution in [0.1, 0.15) is 22.1 Å². The molecule has 0 aromatic heterocycles. The topological polar surface area (TPSA) is 23.6 Å². The van der Waals surface area contributed by atoms with E-state index in [2.05, 4.69) is 17.0 Å². The second-order valence-corrected chi connectivity index (χ2v) is 9.90. The molecule has 0 saturated carbocycles. The van der Waals surface area contributed by atoms with Crippen molar-refractivity contribution in [3.63, 3.8) is 0 Å². The normalized spacial score (nSPS) is 24.1. The lowest BCUT2D eigenvalue weighted by Gasteiger charge is -2.43. The number of fused-ring (bicyclic) bond motifs is 1. The lowest BCUT2D eigenvalue weighted by molar-refractivity contribution is -0.128. The lowest BCUT2D eigenvalue weighted by atomic mass is 9.90. The maximum absolute atomic E-state index is 13.5. The number of para-hydroxylation sites is 1. The highest BCUT2D eigenvalue weighted by atomic mass is 35.5. The van der Waals surface area contributed by atoms with E-state index in [4.69, 9.17) is 34.8 Å². The van der Waals surface area contributed by atoms with Crippen LogP contribution in [0.15, 0.2) is 84.9 Å². The minimum Gasteiger partial charge on any atom is -0.354 e. The fraction of sp³-hybridized carbons (Fsp3) is 0.240. The van der Waals surface area contributed by atoms with Crippen molar-refractivity contribution in [2.75, 3.05) is 11.4 Å². The van der Waals surface area contributed by atoms with E-state index in [9.17, 15) is 4.79 Å². The highest BCUT2D eigenvalue weighted by molar-refractivity contribution is 6.60. The molecule has 1 saturated heterocycles. The summed E-state index contributed by atoms with van der Waals surface area (Å²) in [6.07, 6.45) is 0. The van der Waals surface area contributed by atoms with Crippen LogP contribution in [0.25, 0.3) is 0 Å². The Labute approximate surface area is 197 Å². The number of benzene rings is 3. The fourth-order valence-corrected chi connectivity index (χ4v) is 6.25. The minimum absolute atomic E-state index is 0.309. The van der Waals surface area contributed by atoms with Crippen molar-refractivity contribution < 1.29 is 4.79 Å². The van der Waals surface area contributed by atoms with Crippen LogP contribution in [0, 0.1) is 0 Å². The predicted molar refractivity (Wildman–Crippen MR) is 127 cm³/mol. The fourth-order valence-electron chi connectivity index (χ4n) is 4.82. The molecule has 2 heterocycles. The summed E-state index contributed by atoms with van der Waals surface area (Å²) < 4.78 is -1.69. The molecule has 1 spiro atoms. The van der Waals surface area contributed by atoms with Gasteiger partial charge in [-0.3, -0.25) is 4.79 Å². The number of carbonyl (C=O) groups excluding carboxylic acids is 1. The van der Waals surface area contributed by atoms with Gasteiger partial charge in [-0.2, -0.15) is 0 Å². The van der Waals surface area contributed by atoms with Crippen LogP contribution >= 0.6 is 34.8 Å². The van der Waals surface area contributed by atoms with E-state index in [-0.39, 0.29) is 5.91 Å². The second kappa shape index (κ2) is 7.74. The summed E-state index contributed by atoms with van der Waals surface area (Å²) in [5, 5.41) is -0.535. The molecule has 3 nitrogen and oxygen atoms in total. The number of rotatable bonds is 4. The van der Waals surface area contributed by atoms with Gasteiger partial charge in [-0.05, 0) is 22.8 Å². The van der Waals surface area contributed by atoms with Crippen molar-refractivity contribution in [2.24, 2.45) is 0 Å². The molecule has 0 bridgehead atoms. The first-order valence-electron chi connectivity index (χ1n) is 10.2. The zero-order valence-corrected chi connectivity index (χ0v) is 19.0. The number of nitrogens with zero attached hydrogens (tertiary/aromatic N) is 2. The van der Waals surface area contributed by atoms with Gasteiger partial charge in [0.25, 0.3) is 5.91 Å². The zero-order valence-electron chi connectivity index (χ0n) is 16.7. The van der Waals surface area contributed by atoms with Crippen LogP contribution in [0.4, 0.5) is 5.69 Å². The van der Waals surface area contributed by atoms with E-state index in [1.54, 1.807) is 4.90 Å². The first-order valence-corrected chi connectivity index (χ1v) is 11.4. The number of likely N-dealkylation sites (tertiary alicyclic amines) is 1. The standard InChI is InChI=1S/C25H21Cl3N2O/c26-22-20-13-7-8-14-21(20)30(16-19-11-5-2-6-12-19)24(22)17-29(23(31)25(24,27)28)15-18-9-3-1-4-10-18/h1-14,22H,15-17H2. The van der Waals surface area contributed by atoms with E-state index in [1.807, 2.05) is 72.8 Å². The van der Waals surface area contributed by atoms with E-state index < -0.39 is 15.2 Å². The van der Waals surface area contributed by atoms with Crippen molar-refractivity contribution in [2.45, 2.75) is 28.3 Å². The second-order valence-electron chi connectivity index (χ2n) is 8.14. The molecule has 1 fully saturated rings. The lowest BCUT2D eigenvalue weighted by Crippen LogP contribution is -2.59. The molecule has 2 unspecified atom stereocenters. The third kappa shape index (κ3) is 3.14. The van der Waals surface area contributed by atoms with Crippen molar-refractivity contribution in [3.8, 4) is 0 Å². The highest BCUT2D eigenvalue weighted by Gasteiger charge is 2.71. The van der Waals surface area contributed by atoms with Gasteiger partial charge in [0, 0.05) is 25.3 Å². The van der Waals surface area contributed by atoms with Gasteiger partial charge in [-0.15, -0.1) is 11.6 Å². The highest BCUT2D eigenvalue weighted by Crippen LogP contribution is 2.61. The molecule has 0 aliphatic carbocycles. The SMILES string of the molecule is O=C1N(Cc2ccccc2)CC2(C(Cl)c3ccccc3N2Cc2ccccc2)C1(Cl)Cl. The summed E-state index contributed by atoms with van der Waals surface area (Å²) >= 11 is 21.0. The molecular weight excluding hydrogens is 451 g/mol. The third-order valence-electron chi connectivity index (χ3n) is 6.33. The van der Waals surface area contributed by atoms with Gasteiger partial charge in [-0.1, -0.05) is 102 Å². The van der Waals surface area contributed by atoms with Gasteiger partial charge in [0.05, 0.1) is 5.38 Å². The Balaban J connectivity index is 1.60. The molecule has 2 aliphatic rings. The third-order valence-corrected chi connectivity index (χ3v) is 7.91. The molecule has 1 amide bonds. The van der Waals surface area contributed by atoms with Crippen molar-refractivity contribution in [3.05, 3.63) is 102 Å². The van der Waals surface area contributed by atoms with Crippen molar-refractivity contribution in [1.82, 2.24) is 4.90 Å². The maximum atomic E-state index is 13.5. The number of anilines is 1. The predicted octanol–water partition coefficient (Wildman–Crippen LogP) is 5.94. The van der Waals surface area contributed by atoms with Gasteiger partial charge in [0.2, 0.25) is 4.33 Å². The molecule has 3 aromatic carbocycles. The molecule has 2 atom stereocenters. The molecule has 2 aliphatic heterocycles. The molecule has 0 radical (unpaired) electrons. The van der Waals surface area contributed by atoms with Crippen LogP contribution in [-0.4, -0.2) is 27.2 Å². The van der Waals surface area contributed by atoms with Gasteiger partial charge in [0.1, 0.15) is 5.54 Å². The molecule has 3 aromatic rings. The number of hydrogen-bond acceptors (Lipinski definition) is 2. The smallest absolute Gasteiger partial charge is 0.262 e. The summed E-state index contributed by atoms with van der Waals surface area (Å²) in [6.45, 7) is 1.32. The maximum Gasteiger partial charge on any atom is 0.262 e. The average molecular weight is 472 g/mol. The summed E-state index contributed by atoms with van der Waals surface area (Å²) in [5.41, 5.74) is 3.03. The van der Waals surface area contributed by atoms with Gasteiger partial charge in [0.15, 0.2) is 0 Å². The molecule has 0 N–H and O–H groups in total. The van der Waals surface area contributed by atoms with E-state index >= 15 is 0 Å². The number of carbonyl (C=O) groups is 1. The van der Waals surface area contributed by atoms with Crippen molar-refractivity contribution in [1.29, 1.82) is 0 Å². The van der Waals surface area contributed by atoms with E-state index in [0.717, 1.165) is 22.4 Å². The number of hydrogen-bond donors (Lipinski definition) is 0.